The first-order valence-corrected chi connectivity index (χ1v) is 19.3. The molecule has 3 N–H and O–H groups in total. The van der Waals surface area contributed by atoms with Crippen molar-refractivity contribution in [2.24, 2.45) is 0 Å². The number of hydrogen-bond donors (Lipinski definition) is 3. The molecule has 7 rings (SSSR count). The number of carbonyl (C=O) groups excluding carboxylic acids is 3. The van der Waals surface area contributed by atoms with Gasteiger partial charge in [0.1, 0.15) is 10.9 Å². The van der Waals surface area contributed by atoms with E-state index in [1.54, 1.807) is 60.7 Å². The summed E-state index contributed by atoms with van der Waals surface area (Å²) in [5.74, 6) is -0.173. The number of anilines is 2. The summed E-state index contributed by atoms with van der Waals surface area (Å²) < 4.78 is 10.8. The molecule has 9 nitrogen and oxygen atoms in total. The predicted molar refractivity (Wildman–Crippen MR) is 225 cm³/mol. The maximum atomic E-state index is 13.9. The van der Waals surface area contributed by atoms with E-state index in [2.05, 4.69) is 40.2 Å². The Bertz CT molecular complexity index is 2520. The Labute approximate surface area is 332 Å². The molecule has 0 radical (unpaired) electrons. The molecule has 6 aromatic carbocycles. The van der Waals surface area contributed by atoms with Crippen molar-refractivity contribution in [2.75, 3.05) is 24.9 Å². The average Bonchev–Trinajstić information content (AvgIpc) is 3.71. The van der Waals surface area contributed by atoms with Crippen molar-refractivity contribution in [1.29, 1.82) is 0 Å². The molecule has 0 spiro atoms. The van der Waals surface area contributed by atoms with Crippen molar-refractivity contribution in [3.8, 4) is 22.8 Å². The molecule has 1 aromatic heterocycles. The van der Waals surface area contributed by atoms with Crippen molar-refractivity contribution >= 4 is 68.5 Å². The number of thiazole rings is 1. The highest BCUT2D eigenvalue weighted by molar-refractivity contribution is 8.00. The third kappa shape index (κ3) is 9.15. The van der Waals surface area contributed by atoms with Gasteiger partial charge in [-0.1, -0.05) is 91.0 Å². The minimum atomic E-state index is -0.589. The Hall–Kier alpha value is -6.69. The summed E-state index contributed by atoms with van der Waals surface area (Å²) in [5, 5.41) is 12.8. The van der Waals surface area contributed by atoms with Crippen LogP contribution in [0.1, 0.15) is 26.7 Å². The van der Waals surface area contributed by atoms with Crippen LogP contribution in [0.25, 0.3) is 28.1 Å². The zero-order valence-corrected chi connectivity index (χ0v) is 32.0. The van der Waals surface area contributed by atoms with Gasteiger partial charge in [-0.3, -0.25) is 14.4 Å². The number of benzene rings is 6. The third-order valence-electron chi connectivity index (χ3n) is 8.73. The monoisotopic (exact) mass is 776 g/mol. The molecule has 56 heavy (non-hydrogen) atoms. The molecule has 3 amide bonds. The van der Waals surface area contributed by atoms with E-state index in [4.69, 9.17) is 14.5 Å². The fourth-order valence-corrected chi connectivity index (χ4v) is 7.63. The number of methoxy groups -OCH3 is 2. The van der Waals surface area contributed by atoms with Crippen molar-refractivity contribution in [1.82, 2.24) is 10.3 Å². The van der Waals surface area contributed by atoms with E-state index >= 15 is 0 Å². The molecule has 0 aliphatic carbocycles. The molecule has 0 saturated heterocycles. The smallest absolute Gasteiger partial charge is 0.272 e. The maximum absolute atomic E-state index is 13.9. The van der Waals surface area contributed by atoms with E-state index in [0.717, 1.165) is 32.5 Å². The fourth-order valence-electron chi connectivity index (χ4n) is 5.89. The van der Waals surface area contributed by atoms with Gasteiger partial charge < -0.3 is 25.4 Å². The first-order valence-electron chi connectivity index (χ1n) is 17.6. The normalized spacial score (nSPS) is 11.7. The Kier molecular flexibility index (Phi) is 11.8. The number of amides is 3. The summed E-state index contributed by atoms with van der Waals surface area (Å²) >= 11 is 2.76. The number of hydrogen-bond acceptors (Lipinski definition) is 8. The Morgan fingerprint density at radius 1 is 0.714 bits per heavy atom. The number of fused-ring (bicyclic) bond motifs is 1. The van der Waals surface area contributed by atoms with Crippen molar-refractivity contribution in [2.45, 2.75) is 10.1 Å². The Morgan fingerprint density at radius 3 is 2.14 bits per heavy atom. The quantitative estimate of drug-likeness (QED) is 0.0788. The number of rotatable bonds is 13. The van der Waals surface area contributed by atoms with Gasteiger partial charge in [0.25, 0.3) is 11.8 Å². The van der Waals surface area contributed by atoms with Crippen LogP contribution in [0, 0.1) is 0 Å². The van der Waals surface area contributed by atoms with Crippen molar-refractivity contribution < 1.29 is 23.9 Å². The molecule has 7 aromatic rings. The van der Waals surface area contributed by atoms with Crippen molar-refractivity contribution in [3.63, 3.8) is 0 Å². The molecular formula is C45H36N4O5S2. The van der Waals surface area contributed by atoms with E-state index in [9.17, 15) is 14.4 Å². The van der Waals surface area contributed by atoms with Gasteiger partial charge in [-0.15, -0.1) is 23.1 Å². The standard InChI is InChI=1S/C45H36N4O5S2/c1-53-39-24-17-29(26-40(39)54-2)25-37(47-42(50)32-14-7-4-8-15-32)43(51)46-35-20-22-36(23-21-35)56-41(31-12-5-3-6-13-31)44(52)49-45-48-38(28-55-45)34-19-18-30-11-9-10-16-33(30)27-34/h3-28,41H,1-2H3,(H,46,51)(H,47,50)(H,48,49,52)/b37-25-. The second kappa shape index (κ2) is 17.6. The van der Waals surface area contributed by atoms with Crippen LogP contribution in [0.2, 0.25) is 0 Å². The number of thioether (sulfide) groups is 1. The number of carbonyl (C=O) groups is 3. The average molecular weight is 777 g/mol. The van der Waals surface area contributed by atoms with E-state index in [0.29, 0.717) is 33.4 Å². The molecule has 0 aliphatic rings. The molecule has 1 heterocycles. The highest BCUT2D eigenvalue weighted by atomic mass is 32.2. The fraction of sp³-hybridized carbons (Fsp3) is 0.0667. The molecule has 1 unspecified atom stereocenters. The third-order valence-corrected chi connectivity index (χ3v) is 10.8. The van der Waals surface area contributed by atoms with Crippen LogP contribution in [0.5, 0.6) is 11.5 Å². The predicted octanol–water partition coefficient (Wildman–Crippen LogP) is 9.86. The number of nitrogens with zero attached hydrogens (tertiary/aromatic N) is 1. The lowest BCUT2D eigenvalue weighted by Crippen LogP contribution is -2.30. The van der Waals surface area contributed by atoms with Crippen LogP contribution in [0.4, 0.5) is 10.8 Å². The van der Waals surface area contributed by atoms with Gasteiger partial charge in [0.2, 0.25) is 5.91 Å². The zero-order chi connectivity index (χ0) is 38.9. The molecular weight excluding hydrogens is 741 g/mol. The summed E-state index contributed by atoms with van der Waals surface area (Å²) in [5.41, 5.74) is 4.13. The minimum Gasteiger partial charge on any atom is -0.493 e. The van der Waals surface area contributed by atoms with E-state index in [1.807, 2.05) is 72.1 Å². The summed E-state index contributed by atoms with van der Waals surface area (Å²) in [6.45, 7) is 0. The topological polar surface area (TPSA) is 119 Å². The summed E-state index contributed by atoms with van der Waals surface area (Å²) in [6.07, 6.45) is 1.57. The second-order valence-electron chi connectivity index (χ2n) is 12.5. The minimum absolute atomic E-state index is 0.0243. The molecule has 0 fully saturated rings. The van der Waals surface area contributed by atoms with Crippen LogP contribution in [0.15, 0.2) is 162 Å². The lowest BCUT2D eigenvalue weighted by molar-refractivity contribution is -0.116. The van der Waals surface area contributed by atoms with E-state index in [1.165, 1.54) is 37.3 Å². The lowest BCUT2D eigenvalue weighted by atomic mass is 10.1. The molecule has 1 atom stereocenters. The van der Waals surface area contributed by atoms with Gasteiger partial charge in [-0.25, -0.2) is 4.98 Å². The largest absolute Gasteiger partial charge is 0.493 e. The van der Waals surface area contributed by atoms with Crippen LogP contribution in [-0.2, 0) is 9.59 Å². The van der Waals surface area contributed by atoms with E-state index in [-0.39, 0.29) is 11.6 Å². The van der Waals surface area contributed by atoms with Crippen LogP contribution < -0.4 is 25.4 Å². The first-order chi connectivity index (χ1) is 27.4. The number of aromatic nitrogens is 1. The SMILES string of the molecule is COc1ccc(/C=C(\NC(=O)c2ccccc2)C(=O)Nc2ccc(SC(C(=O)Nc3nc(-c4ccc5ccccc5c4)cs3)c3ccccc3)cc2)cc1OC. The van der Waals surface area contributed by atoms with Crippen molar-refractivity contribution in [3.05, 3.63) is 173 Å². The second-order valence-corrected chi connectivity index (χ2v) is 14.5. The maximum Gasteiger partial charge on any atom is 0.272 e. The highest BCUT2D eigenvalue weighted by Crippen LogP contribution is 2.38. The number of ether oxygens (including phenoxy) is 2. The van der Waals surface area contributed by atoms with Crippen LogP contribution >= 0.6 is 23.1 Å². The summed E-state index contributed by atoms with van der Waals surface area (Å²) in [7, 11) is 3.06. The molecule has 0 saturated carbocycles. The van der Waals surface area contributed by atoms with E-state index < -0.39 is 17.1 Å². The zero-order valence-electron chi connectivity index (χ0n) is 30.4. The van der Waals surface area contributed by atoms with Crippen LogP contribution in [0.3, 0.4) is 0 Å². The molecule has 278 valence electrons. The summed E-state index contributed by atoms with van der Waals surface area (Å²) in [6, 6.07) is 44.9. The van der Waals surface area contributed by atoms with Gasteiger partial charge in [-0.05, 0) is 82.6 Å². The van der Waals surface area contributed by atoms with Gasteiger partial charge in [0.05, 0.1) is 19.9 Å². The number of nitrogens with one attached hydrogen (secondary N) is 3. The van der Waals surface area contributed by atoms with Gasteiger partial charge >= 0.3 is 0 Å². The van der Waals surface area contributed by atoms with Gasteiger partial charge in [0, 0.05) is 27.1 Å². The molecule has 0 aliphatic heterocycles. The Balaban J connectivity index is 1.07. The van der Waals surface area contributed by atoms with Gasteiger partial charge in [0.15, 0.2) is 16.6 Å². The molecule has 11 heteroatoms. The summed E-state index contributed by atoms with van der Waals surface area (Å²) in [4.78, 5) is 46.3. The molecule has 0 bridgehead atoms. The Morgan fingerprint density at radius 2 is 1.41 bits per heavy atom. The first kappa shape index (κ1) is 37.6. The van der Waals surface area contributed by atoms with Gasteiger partial charge in [-0.2, -0.15) is 0 Å². The highest BCUT2D eigenvalue weighted by Gasteiger charge is 2.24. The lowest BCUT2D eigenvalue weighted by Gasteiger charge is -2.17. The van der Waals surface area contributed by atoms with Crippen LogP contribution in [-0.4, -0.2) is 36.9 Å².